The SMILES string of the molecule is O=C(CSc1nnc(-c2ccccc2[N+](=O)[O-])o1)Nc1nccs1. The lowest BCUT2D eigenvalue weighted by Gasteiger charge is -1.99. The molecule has 0 aliphatic heterocycles. The predicted molar refractivity (Wildman–Crippen MR) is 87.9 cm³/mol. The minimum Gasteiger partial charge on any atom is -0.411 e. The van der Waals surface area contributed by atoms with Crippen molar-refractivity contribution in [3.8, 4) is 11.5 Å². The summed E-state index contributed by atoms with van der Waals surface area (Å²) in [6, 6.07) is 6.07. The van der Waals surface area contributed by atoms with Crippen molar-refractivity contribution >= 4 is 39.8 Å². The number of carbonyl (C=O) groups excluding carboxylic acids is 1. The van der Waals surface area contributed by atoms with Gasteiger partial charge in [0, 0.05) is 17.6 Å². The molecule has 0 spiro atoms. The zero-order valence-corrected chi connectivity index (χ0v) is 13.5. The number of rotatable bonds is 6. The molecule has 1 amide bonds. The summed E-state index contributed by atoms with van der Waals surface area (Å²) < 4.78 is 5.39. The number of thiazole rings is 1. The number of aromatic nitrogens is 3. The van der Waals surface area contributed by atoms with Gasteiger partial charge in [-0.1, -0.05) is 23.9 Å². The van der Waals surface area contributed by atoms with E-state index in [0.29, 0.717) is 5.13 Å². The van der Waals surface area contributed by atoms with Gasteiger partial charge in [0.25, 0.3) is 16.8 Å². The fourth-order valence-electron chi connectivity index (χ4n) is 1.76. The molecule has 11 heteroatoms. The number of para-hydroxylation sites is 1. The summed E-state index contributed by atoms with van der Waals surface area (Å²) in [6.07, 6.45) is 1.59. The number of benzene rings is 1. The van der Waals surface area contributed by atoms with Crippen LogP contribution in [0.15, 0.2) is 45.5 Å². The van der Waals surface area contributed by atoms with Crippen LogP contribution in [0.3, 0.4) is 0 Å². The number of nitrogens with zero attached hydrogens (tertiary/aromatic N) is 4. The lowest BCUT2D eigenvalue weighted by atomic mass is 10.2. The van der Waals surface area contributed by atoms with Crippen LogP contribution in [0, 0.1) is 10.1 Å². The summed E-state index contributed by atoms with van der Waals surface area (Å²) in [6.45, 7) is 0. The van der Waals surface area contributed by atoms with Gasteiger partial charge >= 0.3 is 0 Å². The van der Waals surface area contributed by atoms with Gasteiger partial charge in [0.15, 0.2) is 5.13 Å². The lowest BCUT2D eigenvalue weighted by molar-refractivity contribution is -0.384. The maximum absolute atomic E-state index is 11.8. The molecule has 0 fully saturated rings. The summed E-state index contributed by atoms with van der Waals surface area (Å²) in [5.41, 5.74) is 0.105. The van der Waals surface area contributed by atoms with Gasteiger partial charge in [-0.25, -0.2) is 4.98 Å². The lowest BCUT2D eigenvalue weighted by Crippen LogP contribution is -2.13. The molecule has 24 heavy (non-hydrogen) atoms. The first-order chi connectivity index (χ1) is 11.6. The summed E-state index contributed by atoms with van der Waals surface area (Å²) in [5.74, 6) is -0.177. The van der Waals surface area contributed by atoms with Crippen molar-refractivity contribution in [1.29, 1.82) is 0 Å². The zero-order chi connectivity index (χ0) is 16.9. The highest BCUT2D eigenvalue weighted by Crippen LogP contribution is 2.30. The van der Waals surface area contributed by atoms with Crippen molar-refractivity contribution in [2.75, 3.05) is 11.1 Å². The Bertz CT molecular complexity index is 865. The minimum absolute atomic E-state index is 0.0325. The van der Waals surface area contributed by atoms with E-state index in [4.69, 9.17) is 4.42 Å². The first-order valence-electron chi connectivity index (χ1n) is 6.53. The summed E-state index contributed by atoms with van der Waals surface area (Å²) in [4.78, 5) is 26.2. The Morgan fingerprint density at radius 2 is 2.21 bits per heavy atom. The molecule has 0 atom stereocenters. The maximum atomic E-state index is 11.8. The third kappa shape index (κ3) is 3.75. The van der Waals surface area contributed by atoms with Crippen molar-refractivity contribution in [3.63, 3.8) is 0 Å². The predicted octanol–water partition coefficient (Wildman–Crippen LogP) is 2.83. The number of amides is 1. The molecule has 1 aromatic carbocycles. The third-order valence-corrected chi connectivity index (χ3v) is 4.25. The summed E-state index contributed by atoms with van der Waals surface area (Å²) in [7, 11) is 0. The zero-order valence-electron chi connectivity index (χ0n) is 11.9. The maximum Gasteiger partial charge on any atom is 0.282 e. The van der Waals surface area contributed by atoms with E-state index in [1.54, 1.807) is 23.7 Å². The number of thioether (sulfide) groups is 1. The van der Waals surface area contributed by atoms with E-state index in [-0.39, 0.29) is 34.0 Å². The van der Waals surface area contributed by atoms with Crippen LogP contribution in [0.2, 0.25) is 0 Å². The van der Waals surface area contributed by atoms with Crippen molar-refractivity contribution in [2.45, 2.75) is 5.22 Å². The molecule has 2 aromatic heterocycles. The van der Waals surface area contributed by atoms with Gasteiger partial charge in [-0.05, 0) is 6.07 Å². The van der Waals surface area contributed by atoms with Crippen molar-refractivity contribution in [1.82, 2.24) is 15.2 Å². The topological polar surface area (TPSA) is 124 Å². The van der Waals surface area contributed by atoms with Gasteiger partial charge in [-0.2, -0.15) is 0 Å². The Morgan fingerprint density at radius 3 is 2.96 bits per heavy atom. The van der Waals surface area contributed by atoms with E-state index in [0.717, 1.165) is 11.8 Å². The number of anilines is 1. The summed E-state index contributed by atoms with van der Waals surface area (Å²) >= 11 is 2.35. The molecule has 122 valence electrons. The van der Waals surface area contributed by atoms with Crippen LogP contribution in [0.25, 0.3) is 11.5 Å². The van der Waals surface area contributed by atoms with E-state index >= 15 is 0 Å². The van der Waals surface area contributed by atoms with Gasteiger partial charge in [-0.15, -0.1) is 21.5 Å². The first-order valence-corrected chi connectivity index (χ1v) is 8.39. The highest BCUT2D eigenvalue weighted by Gasteiger charge is 2.20. The van der Waals surface area contributed by atoms with Crippen LogP contribution in [0.5, 0.6) is 0 Å². The Balaban J connectivity index is 1.66. The smallest absolute Gasteiger partial charge is 0.282 e. The Labute approximate surface area is 143 Å². The normalized spacial score (nSPS) is 10.5. The molecule has 0 radical (unpaired) electrons. The summed E-state index contributed by atoms with van der Waals surface area (Å²) in [5, 5.41) is 23.6. The van der Waals surface area contributed by atoms with Gasteiger partial charge in [0.2, 0.25) is 5.91 Å². The molecular formula is C13H9N5O4S2. The average Bonchev–Trinajstić information content (AvgIpc) is 3.24. The van der Waals surface area contributed by atoms with E-state index < -0.39 is 4.92 Å². The highest BCUT2D eigenvalue weighted by molar-refractivity contribution is 7.99. The van der Waals surface area contributed by atoms with E-state index in [9.17, 15) is 14.9 Å². The molecule has 0 bridgehead atoms. The van der Waals surface area contributed by atoms with E-state index in [1.807, 2.05) is 0 Å². The van der Waals surface area contributed by atoms with Gasteiger partial charge in [0.1, 0.15) is 5.56 Å². The standard InChI is InChI=1S/C13H9N5O4S2/c19-10(15-12-14-5-6-23-12)7-24-13-17-16-11(22-13)8-3-1-2-4-9(8)18(20)21/h1-6H,7H2,(H,14,15,19). The van der Waals surface area contributed by atoms with Crippen molar-refractivity contribution in [2.24, 2.45) is 0 Å². The molecule has 9 nitrogen and oxygen atoms in total. The highest BCUT2D eigenvalue weighted by atomic mass is 32.2. The molecule has 0 saturated heterocycles. The molecule has 1 N–H and O–H groups in total. The van der Waals surface area contributed by atoms with Crippen LogP contribution >= 0.6 is 23.1 Å². The van der Waals surface area contributed by atoms with Gasteiger partial charge in [0.05, 0.1) is 10.7 Å². The number of carbonyl (C=O) groups is 1. The van der Waals surface area contributed by atoms with Crippen LogP contribution in [-0.4, -0.2) is 31.8 Å². The van der Waals surface area contributed by atoms with E-state index in [1.165, 1.54) is 23.5 Å². The molecule has 0 saturated carbocycles. The fraction of sp³-hybridized carbons (Fsp3) is 0.0769. The van der Waals surface area contributed by atoms with Gasteiger partial charge < -0.3 is 9.73 Å². The molecule has 0 unspecified atom stereocenters. The Morgan fingerprint density at radius 1 is 1.38 bits per heavy atom. The number of nitro benzene ring substituents is 1. The molecule has 3 rings (SSSR count). The fourth-order valence-corrected chi connectivity index (χ4v) is 2.87. The number of hydrogen-bond donors (Lipinski definition) is 1. The monoisotopic (exact) mass is 363 g/mol. The molecule has 0 aliphatic rings. The third-order valence-electron chi connectivity index (χ3n) is 2.74. The second-order valence-corrected chi connectivity index (χ2v) is 6.14. The van der Waals surface area contributed by atoms with Crippen molar-refractivity contribution in [3.05, 3.63) is 46.0 Å². The van der Waals surface area contributed by atoms with Crippen LogP contribution < -0.4 is 5.32 Å². The second kappa shape index (κ2) is 7.19. The quantitative estimate of drug-likeness (QED) is 0.403. The van der Waals surface area contributed by atoms with Crippen LogP contribution in [0.1, 0.15) is 0 Å². The molecular weight excluding hydrogens is 354 g/mol. The largest absolute Gasteiger partial charge is 0.411 e. The van der Waals surface area contributed by atoms with E-state index in [2.05, 4.69) is 20.5 Å². The van der Waals surface area contributed by atoms with Crippen LogP contribution in [0.4, 0.5) is 10.8 Å². The molecule has 0 aliphatic carbocycles. The second-order valence-electron chi connectivity index (χ2n) is 4.32. The average molecular weight is 363 g/mol. The molecule has 2 heterocycles. The van der Waals surface area contributed by atoms with Gasteiger partial charge in [-0.3, -0.25) is 14.9 Å². The van der Waals surface area contributed by atoms with Crippen molar-refractivity contribution < 1.29 is 14.1 Å². The van der Waals surface area contributed by atoms with Crippen LogP contribution in [-0.2, 0) is 4.79 Å². The number of nitro groups is 1. The number of hydrogen-bond acceptors (Lipinski definition) is 9. The number of nitrogens with one attached hydrogen (secondary N) is 1. The minimum atomic E-state index is -0.520. The Kier molecular flexibility index (Phi) is 4.82. The Hall–Kier alpha value is -2.79. The molecule has 3 aromatic rings. The first kappa shape index (κ1) is 16.1.